The maximum atomic E-state index is 10.2. The molecule has 0 heterocycles. The Balaban J connectivity index is 2.37. The average molecular weight is 290 g/mol. The van der Waals surface area contributed by atoms with E-state index in [0.29, 0.717) is 12.8 Å². The summed E-state index contributed by atoms with van der Waals surface area (Å²) in [4.78, 5) is 0. The number of methoxy groups -OCH3 is 2. The molecular weight excluding hydrogens is 272 g/mol. The van der Waals surface area contributed by atoms with E-state index in [1.54, 1.807) is 0 Å². The number of hydrogen-bond donors (Lipinski definition) is 3. The molecule has 5 heteroatoms. The molecular formula is C16H18O5. The quantitative estimate of drug-likeness (QED) is 0.582. The maximum absolute atomic E-state index is 10.2. The number of benzene rings is 2. The Morgan fingerprint density at radius 3 is 1.90 bits per heavy atom. The summed E-state index contributed by atoms with van der Waals surface area (Å²) in [5.41, 5.74) is 1.29. The van der Waals surface area contributed by atoms with Gasteiger partial charge in [-0.25, -0.2) is 0 Å². The molecule has 0 atom stereocenters. The summed E-state index contributed by atoms with van der Waals surface area (Å²) in [5, 5.41) is 30.2. The number of phenols is 3. The van der Waals surface area contributed by atoms with Crippen LogP contribution < -0.4 is 9.47 Å². The highest BCUT2D eigenvalue weighted by Crippen LogP contribution is 2.52. The van der Waals surface area contributed by atoms with Crippen LogP contribution in [-0.4, -0.2) is 29.5 Å². The summed E-state index contributed by atoms with van der Waals surface area (Å²) in [7, 11) is 2.68. The summed E-state index contributed by atoms with van der Waals surface area (Å²) < 4.78 is 10.0. The Hall–Kier alpha value is -2.56. The van der Waals surface area contributed by atoms with Crippen molar-refractivity contribution in [2.24, 2.45) is 0 Å². The molecule has 0 radical (unpaired) electrons. The van der Waals surface area contributed by atoms with E-state index in [9.17, 15) is 15.3 Å². The number of rotatable bonds is 5. The molecule has 21 heavy (non-hydrogen) atoms. The third-order valence-electron chi connectivity index (χ3n) is 3.35. The van der Waals surface area contributed by atoms with Crippen molar-refractivity contribution >= 4 is 0 Å². The van der Waals surface area contributed by atoms with Gasteiger partial charge in [0.25, 0.3) is 0 Å². The van der Waals surface area contributed by atoms with Crippen LogP contribution >= 0.6 is 0 Å². The minimum Gasteiger partial charge on any atom is -0.504 e. The van der Waals surface area contributed by atoms with Gasteiger partial charge in [0.2, 0.25) is 17.2 Å². The highest BCUT2D eigenvalue weighted by molar-refractivity contribution is 5.68. The average Bonchev–Trinajstić information content (AvgIpc) is 2.51. The monoisotopic (exact) mass is 290 g/mol. The molecule has 0 amide bonds. The molecule has 0 unspecified atom stereocenters. The molecule has 0 aromatic heterocycles. The number of phenolic OH excluding ortho intramolecular Hbond substituents is 3. The van der Waals surface area contributed by atoms with Gasteiger partial charge in [-0.05, 0) is 18.4 Å². The Morgan fingerprint density at radius 1 is 0.762 bits per heavy atom. The van der Waals surface area contributed by atoms with E-state index in [1.807, 2.05) is 30.3 Å². The van der Waals surface area contributed by atoms with Crippen molar-refractivity contribution < 1.29 is 24.8 Å². The van der Waals surface area contributed by atoms with Crippen molar-refractivity contribution in [1.29, 1.82) is 0 Å². The van der Waals surface area contributed by atoms with E-state index in [-0.39, 0.29) is 28.6 Å². The lowest BCUT2D eigenvalue weighted by Gasteiger charge is -2.16. The molecule has 2 aromatic carbocycles. The zero-order valence-corrected chi connectivity index (χ0v) is 12.0. The van der Waals surface area contributed by atoms with E-state index < -0.39 is 5.75 Å². The third kappa shape index (κ3) is 2.81. The van der Waals surface area contributed by atoms with Crippen molar-refractivity contribution in [3.8, 4) is 28.7 Å². The number of ether oxygens (including phenoxy) is 2. The maximum Gasteiger partial charge on any atom is 0.211 e. The molecule has 0 spiro atoms. The lowest BCUT2D eigenvalue weighted by Crippen LogP contribution is -1.98. The van der Waals surface area contributed by atoms with Gasteiger partial charge in [-0.2, -0.15) is 0 Å². The Morgan fingerprint density at radius 2 is 1.33 bits per heavy atom. The van der Waals surface area contributed by atoms with E-state index in [0.717, 1.165) is 5.56 Å². The molecule has 2 aromatic rings. The molecule has 0 saturated carbocycles. The van der Waals surface area contributed by atoms with Crippen LogP contribution in [0, 0.1) is 0 Å². The first kappa shape index (κ1) is 14.8. The Labute approximate surface area is 123 Å². The van der Waals surface area contributed by atoms with Crippen molar-refractivity contribution in [3.63, 3.8) is 0 Å². The van der Waals surface area contributed by atoms with Crippen molar-refractivity contribution in [3.05, 3.63) is 41.5 Å². The van der Waals surface area contributed by atoms with Crippen LogP contribution in [0.15, 0.2) is 30.3 Å². The van der Waals surface area contributed by atoms with Gasteiger partial charge >= 0.3 is 0 Å². The fourth-order valence-electron chi connectivity index (χ4n) is 2.24. The van der Waals surface area contributed by atoms with Gasteiger partial charge in [-0.15, -0.1) is 0 Å². The van der Waals surface area contributed by atoms with Crippen LogP contribution in [0.2, 0.25) is 0 Å². The number of hydrogen-bond acceptors (Lipinski definition) is 5. The van der Waals surface area contributed by atoms with Crippen LogP contribution in [0.25, 0.3) is 0 Å². The molecule has 0 aliphatic carbocycles. The first-order chi connectivity index (χ1) is 10.1. The van der Waals surface area contributed by atoms with E-state index in [2.05, 4.69) is 0 Å². The fourth-order valence-corrected chi connectivity index (χ4v) is 2.24. The second kappa shape index (κ2) is 6.26. The normalized spacial score (nSPS) is 10.4. The zero-order valence-electron chi connectivity index (χ0n) is 12.0. The van der Waals surface area contributed by atoms with Gasteiger partial charge in [-0.3, -0.25) is 0 Å². The largest absolute Gasteiger partial charge is 0.504 e. The van der Waals surface area contributed by atoms with Gasteiger partial charge in [-0.1, -0.05) is 30.3 Å². The lowest BCUT2D eigenvalue weighted by atomic mass is 10.0. The molecule has 5 nitrogen and oxygen atoms in total. The SMILES string of the molecule is COc1c(O)c(O)c(CCc2ccccc2)c(O)c1OC. The Bertz CT molecular complexity index is 623. The third-order valence-corrected chi connectivity index (χ3v) is 3.35. The minimum atomic E-state index is -0.435. The highest BCUT2D eigenvalue weighted by atomic mass is 16.5. The molecule has 3 N–H and O–H groups in total. The zero-order chi connectivity index (χ0) is 15.4. The minimum absolute atomic E-state index is 0.0101. The van der Waals surface area contributed by atoms with Gasteiger partial charge in [0.15, 0.2) is 11.5 Å². The smallest absolute Gasteiger partial charge is 0.211 e. The summed E-state index contributed by atoms with van der Waals surface area (Å²) in [5.74, 6) is -1.12. The predicted octanol–water partition coefficient (Wildman–Crippen LogP) is 2.61. The van der Waals surface area contributed by atoms with E-state index in [4.69, 9.17) is 9.47 Å². The Kier molecular flexibility index (Phi) is 4.42. The lowest BCUT2D eigenvalue weighted by molar-refractivity contribution is 0.302. The molecule has 112 valence electrons. The first-order valence-electron chi connectivity index (χ1n) is 6.51. The second-order valence-electron chi connectivity index (χ2n) is 4.58. The van der Waals surface area contributed by atoms with Gasteiger partial charge in [0, 0.05) is 5.56 Å². The van der Waals surface area contributed by atoms with Crippen molar-refractivity contribution in [2.45, 2.75) is 12.8 Å². The standard InChI is InChI=1S/C16H18O5/c1-20-15-13(18)11(12(17)14(19)16(15)21-2)9-8-10-6-4-3-5-7-10/h3-7,17-19H,8-9H2,1-2H3. The number of aryl methyl sites for hydroxylation is 1. The molecule has 0 aliphatic heterocycles. The van der Waals surface area contributed by atoms with Crippen LogP contribution in [0.5, 0.6) is 28.7 Å². The summed E-state index contributed by atoms with van der Waals surface area (Å²) in [6, 6.07) is 9.66. The van der Waals surface area contributed by atoms with E-state index >= 15 is 0 Å². The molecule has 0 bridgehead atoms. The van der Waals surface area contributed by atoms with E-state index in [1.165, 1.54) is 14.2 Å². The van der Waals surface area contributed by atoms with Crippen LogP contribution in [-0.2, 0) is 12.8 Å². The van der Waals surface area contributed by atoms with Crippen molar-refractivity contribution in [1.82, 2.24) is 0 Å². The van der Waals surface area contributed by atoms with Gasteiger partial charge < -0.3 is 24.8 Å². The summed E-state index contributed by atoms with van der Waals surface area (Å²) >= 11 is 0. The van der Waals surface area contributed by atoms with Crippen LogP contribution in [0.1, 0.15) is 11.1 Å². The van der Waals surface area contributed by atoms with Gasteiger partial charge in [0.05, 0.1) is 14.2 Å². The summed E-state index contributed by atoms with van der Waals surface area (Å²) in [6.45, 7) is 0. The number of aromatic hydroxyl groups is 3. The van der Waals surface area contributed by atoms with Crippen molar-refractivity contribution in [2.75, 3.05) is 14.2 Å². The molecule has 0 saturated heterocycles. The topological polar surface area (TPSA) is 79.2 Å². The van der Waals surface area contributed by atoms with Gasteiger partial charge in [0.1, 0.15) is 0 Å². The van der Waals surface area contributed by atoms with Crippen LogP contribution in [0.3, 0.4) is 0 Å². The molecule has 0 fully saturated rings. The highest BCUT2D eigenvalue weighted by Gasteiger charge is 2.24. The fraction of sp³-hybridized carbons (Fsp3) is 0.250. The molecule has 0 aliphatic rings. The second-order valence-corrected chi connectivity index (χ2v) is 4.58. The molecule has 2 rings (SSSR count). The first-order valence-corrected chi connectivity index (χ1v) is 6.51. The summed E-state index contributed by atoms with van der Waals surface area (Å²) in [6.07, 6.45) is 0.965. The van der Waals surface area contributed by atoms with Crippen LogP contribution in [0.4, 0.5) is 0 Å². The predicted molar refractivity (Wildman–Crippen MR) is 78.4 cm³/mol.